The van der Waals surface area contributed by atoms with E-state index in [0.29, 0.717) is 18.6 Å². The van der Waals surface area contributed by atoms with Gasteiger partial charge in [-0.2, -0.15) is 0 Å². The van der Waals surface area contributed by atoms with Gasteiger partial charge in [0.1, 0.15) is 10.6 Å². The van der Waals surface area contributed by atoms with Crippen molar-refractivity contribution in [3.05, 3.63) is 18.2 Å². The van der Waals surface area contributed by atoms with E-state index in [1.165, 1.54) is 32.2 Å². The van der Waals surface area contributed by atoms with E-state index in [1.807, 2.05) is 0 Å². The summed E-state index contributed by atoms with van der Waals surface area (Å²) >= 11 is 0. The second kappa shape index (κ2) is 8.75. The average molecular weight is 428 g/mol. The van der Waals surface area contributed by atoms with Gasteiger partial charge >= 0.3 is 0 Å². The van der Waals surface area contributed by atoms with E-state index in [1.54, 1.807) is 0 Å². The number of sulfonamides is 2. The monoisotopic (exact) mass is 427 g/mol. The zero-order valence-electron chi connectivity index (χ0n) is 14.8. The number of hydrogen-bond acceptors (Lipinski definition) is 6. The van der Waals surface area contributed by atoms with Gasteiger partial charge in [-0.15, -0.1) is 12.4 Å². The molecule has 1 aromatic rings. The van der Waals surface area contributed by atoms with Crippen LogP contribution in [0.1, 0.15) is 32.6 Å². The molecule has 0 heterocycles. The van der Waals surface area contributed by atoms with Gasteiger partial charge in [0.05, 0.1) is 18.6 Å². The molecule has 0 saturated heterocycles. The Bertz CT molecular complexity index is 822. The standard InChI is InChI=1S/C15H25N3O5S2.ClH/c1-3-24(19,20)17-13-10-12(23-2)6-7-14(13)25(21,22)18-15(11-16)8-4-5-9-15;/h6-7,10,17-18H,3-5,8-9,11,16H2,1-2H3;1H. The molecule has 1 aliphatic rings. The molecule has 0 atom stereocenters. The highest BCUT2D eigenvalue weighted by atomic mass is 35.5. The normalized spacial score (nSPS) is 16.7. The second-order valence-electron chi connectivity index (χ2n) is 6.16. The maximum absolute atomic E-state index is 12.9. The molecule has 0 unspecified atom stereocenters. The van der Waals surface area contributed by atoms with Gasteiger partial charge in [-0.25, -0.2) is 21.6 Å². The van der Waals surface area contributed by atoms with Crippen molar-refractivity contribution in [2.24, 2.45) is 5.73 Å². The summed E-state index contributed by atoms with van der Waals surface area (Å²) < 4.78 is 59.7. The van der Waals surface area contributed by atoms with Gasteiger partial charge in [0, 0.05) is 18.2 Å². The largest absolute Gasteiger partial charge is 0.497 e. The van der Waals surface area contributed by atoms with E-state index in [0.717, 1.165) is 12.8 Å². The molecule has 26 heavy (non-hydrogen) atoms. The van der Waals surface area contributed by atoms with Crippen LogP contribution in [0.3, 0.4) is 0 Å². The van der Waals surface area contributed by atoms with E-state index in [-0.39, 0.29) is 35.3 Å². The van der Waals surface area contributed by atoms with Crippen molar-refractivity contribution in [3.8, 4) is 5.75 Å². The summed E-state index contributed by atoms with van der Waals surface area (Å²) in [7, 11) is -6.20. The fourth-order valence-corrected chi connectivity index (χ4v) is 5.26. The number of halogens is 1. The summed E-state index contributed by atoms with van der Waals surface area (Å²) in [6.45, 7) is 1.66. The number of nitrogens with two attached hydrogens (primary N) is 1. The van der Waals surface area contributed by atoms with Crippen LogP contribution in [0.25, 0.3) is 0 Å². The van der Waals surface area contributed by atoms with Crippen LogP contribution in [0.2, 0.25) is 0 Å². The van der Waals surface area contributed by atoms with Gasteiger partial charge in [0.15, 0.2) is 0 Å². The Balaban J connectivity index is 0.00000338. The summed E-state index contributed by atoms with van der Waals surface area (Å²) in [5.41, 5.74) is 5.08. The minimum absolute atomic E-state index is 0. The van der Waals surface area contributed by atoms with Crippen molar-refractivity contribution in [1.82, 2.24) is 4.72 Å². The maximum Gasteiger partial charge on any atom is 0.243 e. The third-order valence-electron chi connectivity index (χ3n) is 4.42. The minimum atomic E-state index is -3.96. The summed E-state index contributed by atoms with van der Waals surface area (Å²) in [4.78, 5) is -0.148. The first-order valence-corrected chi connectivity index (χ1v) is 11.2. The predicted octanol–water partition coefficient (Wildman–Crippen LogP) is 1.43. The van der Waals surface area contributed by atoms with Crippen LogP contribution in [0.15, 0.2) is 23.1 Å². The molecule has 11 heteroatoms. The van der Waals surface area contributed by atoms with E-state index in [9.17, 15) is 16.8 Å². The molecule has 0 aliphatic heterocycles. The molecule has 2 rings (SSSR count). The highest BCUT2D eigenvalue weighted by Crippen LogP contribution is 2.33. The van der Waals surface area contributed by atoms with Crippen molar-refractivity contribution in [1.29, 1.82) is 0 Å². The minimum Gasteiger partial charge on any atom is -0.497 e. The Morgan fingerprint density at radius 1 is 1.19 bits per heavy atom. The molecule has 0 amide bonds. The first kappa shape index (κ1) is 23.0. The first-order valence-electron chi connectivity index (χ1n) is 8.09. The third-order valence-corrected chi connectivity index (χ3v) is 7.35. The van der Waals surface area contributed by atoms with Crippen LogP contribution in [-0.4, -0.2) is 41.8 Å². The molecule has 150 valence electrons. The van der Waals surface area contributed by atoms with Crippen LogP contribution in [0, 0.1) is 0 Å². The Labute approximate surface area is 161 Å². The average Bonchev–Trinajstić information content (AvgIpc) is 3.02. The molecule has 1 aromatic carbocycles. The van der Waals surface area contributed by atoms with Crippen molar-refractivity contribution in [3.63, 3.8) is 0 Å². The maximum atomic E-state index is 12.9. The fraction of sp³-hybridized carbons (Fsp3) is 0.600. The van der Waals surface area contributed by atoms with Crippen molar-refractivity contribution < 1.29 is 21.6 Å². The molecule has 0 radical (unpaired) electrons. The van der Waals surface area contributed by atoms with Gasteiger partial charge in [0.25, 0.3) is 0 Å². The molecule has 8 nitrogen and oxygen atoms in total. The van der Waals surface area contributed by atoms with Crippen LogP contribution in [0.4, 0.5) is 5.69 Å². The zero-order chi connectivity index (χ0) is 18.7. The van der Waals surface area contributed by atoms with Crippen LogP contribution < -0.4 is 19.9 Å². The number of ether oxygens (including phenoxy) is 1. The van der Waals surface area contributed by atoms with Crippen molar-refractivity contribution >= 4 is 38.1 Å². The quantitative estimate of drug-likeness (QED) is 0.575. The highest BCUT2D eigenvalue weighted by Gasteiger charge is 2.37. The Kier molecular flexibility index (Phi) is 7.73. The molecule has 1 fully saturated rings. The predicted molar refractivity (Wildman–Crippen MR) is 104 cm³/mol. The summed E-state index contributed by atoms with van der Waals surface area (Å²) in [5.74, 6) is 0.172. The molecule has 0 bridgehead atoms. The van der Waals surface area contributed by atoms with Crippen molar-refractivity contribution in [2.75, 3.05) is 24.1 Å². The van der Waals surface area contributed by atoms with Gasteiger partial charge < -0.3 is 10.5 Å². The Hall–Kier alpha value is -1.07. The van der Waals surface area contributed by atoms with Crippen molar-refractivity contribution in [2.45, 2.75) is 43.0 Å². The molecule has 1 saturated carbocycles. The zero-order valence-corrected chi connectivity index (χ0v) is 17.3. The lowest BCUT2D eigenvalue weighted by atomic mass is 10.0. The van der Waals surface area contributed by atoms with Crippen LogP contribution in [-0.2, 0) is 20.0 Å². The van der Waals surface area contributed by atoms with E-state index in [2.05, 4.69) is 9.44 Å². The van der Waals surface area contributed by atoms with Gasteiger partial charge in [-0.3, -0.25) is 4.72 Å². The summed E-state index contributed by atoms with van der Waals surface area (Å²) in [6.07, 6.45) is 3.12. The number of rotatable bonds is 8. The number of methoxy groups -OCH3 is 1. The molecule has 4 N–H and O–H groups in total. The van der Waals surface area contributed by atoms with Gasteiger partial charge in [-0.1, -0.05) is 12.8 Å². The lowest BCUT2D eigenvalue weighted by Gasteiger charge is -2.28. The molecule has 1 aliphatic carbocycles. The molecule has 0 aromatic heterocycles. The SMILES string of the molecule is CCS(=O)(=O)Nc1cc(OC)ccc1S(=O)(=O)NC1(CN)CCCC1.Cl. The van der Waals surface area contributed by atoms with Gasteiger partial charge in [0.2, 0.25) is 20.0 Å². The Morgan fingerprint density at radius 3 is 2.31 bits per heavy atom. The van der Waals surface area contributed by atoms with Gasteiger partial charge in [-0.05, 0) is 31.9 Å². The lowest BCUT2D eigenvalue weighted by molar-refractivity contribution is 0.399. The number of anilines is 1. The first-order chi connectivity index (χ1) is 11.7. The number of benzene rings is 1. The smallest absolute Gasteiger partial charge is 0.243 e. The van der Waals surface area contributed by atoms with E-state index >= 15 is 0 Å². The van der Waals surface area contributed by atoms with Crippen LogP contribution in [0.5, 0.6) is 5.75 Å². The van der Waals surface area contributed by atoms with E-state index < -0.39 is 25.6 Å². The fourth-order valence-electron chi connectivity index (χ4n) is 2.93. The summed E-state index contributed by atoms with van der Waals surface area (Å²) in [6, 6.07) is 4.15. The molecular formula is C15H26ClN3O5S2. The third kappa shape index (κ3) is 5.23. The number of hydrogen-bond donors (Lipinski definition) is 3. The Morgan fingerprint density at radius 2 is 1.81 bits per heavy atom. The topological polar surface area (TPSA) is 128 Å². The molecular weight excluding hydrogens is 402 g/mol. The van der Waals surface area contributed by atoms with E-state index in [4.69, 9.17) is 10.5 Å². The second-order valence-corrected chi connectivity index (χ2v) is 9.83. The highest BCUT2D eigenvalue weighted by molar-refractivity contribution is 7.93. The van der Waals surface area contributed by atoms with Crippen LogP contribution >= 0.6 is 12.4 Å². The lowest BCUT2D eigenvalue weighted by Crippen LogP contribution is -2.51. The number of nitrogens with one attached hydrogen (secondary N) is 2. The molecule has 0 spiro atoms. The summed E-state index contributed by atoms with van der Waals surface area (Å²) in [5, 5.41) is 0.